The van der Waals surface area contributed by atoms with Crippen LogP contribution in [-0.4, -0.2) is 17.6 Å². The summed E-state index contributed by atoms with van der Waals surface area (Å²) in [5.74, 6) is -0.637. The molecule has 0 aromatic carbocycles. The van der Waals surface area contributed by atoms with Crippen molar-refractivity contribution in [1.82, 2.24) is 4.98 Å². The summed E-state index contributed by atoms with van der Waals surface area (Å²) >= 11 is 0. The highest BCUT2D eigenvalue weighted by Gasteiger charge is 2.08. The van der Waals surface area contributed by atoms with Crippen LogP contribution in [0.5, 0.6) is 0 Å². The minimum atomic E-state index is -0.637. The van der Waals surface area contributed by atoms with E-state index in [0.29, 0.717) is 0 Å². The standard InChI is InChI=1S/C9H8N2O3/c1-2-14-9(13)8-4-7(12)3-6(5-10)11-8/h3-4H,2H2,1H3,(H,11,12). The van der Waals surface area contributed by atoms with Crippen LogP contribution in [0.15, 0.2) is 16.9 Å². The van der Waals surface area contributed by atoms with Crippen molar-refractivity contribution in [1.29, 1.82) is 5.26 Å². The van der Waals surface area contributed by atoms with Crippen molar-refractivity contribution in [3.05, 3.63) is 33.7 Å². The number of hydrogen-bond donors (Lipinski definition) is 1. The molecule has 0 aliphatic carbocycles. The number of ether oxygens (including phenoxy) is 1. The Kier molecular flexibility index (Phi) is 3.02. The lowest BCUT2D eigenvalue weighted by Gasteiger charge is -2.00. The summed E-state index contributed by atoms with van der Waals surface area (Å²) in [7, 11) is 0. The summed E-state index contributed by atoms with van der Waals surface area (Å²) in [6.45, 7) is 1.88. The lowest BCUT2D eigenvalue weighted by atomic mass is 10.3. The van der Waals surface area contributed by atoms with Gasteiger partial charge in [-0.15, -0.1) is 0 Å². The molecule has 1 rings (SSSR count). The number of nitriles is 1. The molecule has 0 saturated carbocycles. The quantitative estimate of drug-likeness (QED) is 0.688. The Bertz CT molecular complexity index is 442. The van der Waals surface area contributed by atoms with E-state index in [0.717, 1.165) is 12.1 Å². The SMILES string of the molecule is CCOC(=O)c1cc(=O)cc(C#N)[nH]1. The maximum atomic E-state index is 11.2. The van der Waals surface area contributed by atoms with E-state index in [-0.39, 0.29) is 18.0 Å². The molecule has 0 aliphatic heterocycles. The van der Waals surface area contributed by atoms with Gasteiger partial charge in [-0.1, -0.05) is 0 Å². The normalized spacial score (nSPS) is 9.14. The Morgan fingerprint density at radius 2 is 2.36 bits per heavy atom. The summed E-state index contributed by atoms with van der Waals surface area (Å²) in [5, 5.41) is 8.53. The third-order valence-electron chi connectivity index (χ3n) is 1.46. The Morgan fingerprint density at radius 1 is 1.64 bits per heavy atom. The molecule has 0 unspecified atom stereocenters. The maximum absolute atomic E-state index is 11.2. The van der Waals surface area contributed by atoms with Crippen LogP contribution in [0.3, 0.4) is 0 Å². The number of rotatable bonds is 2. The van der Waals surface area contributed by atoms with Gasteiger partial charge in [0.2, 0.25) is 0 Å². The number of aromatic amines is 1. The third-order valence-corrected chi connectivity index (χ3v) is 1.46. The van der Waals surface area contributed by atoms with Gasteiger partial charge in [-0.2, -0.15) is 5.26 Å². The van der Waals surface area contributed by atoms with Gasteiger partial charge in [0, 0.05) is 12.1 Å². The third kappa shape index (κ3) is 2.20. The first-order valence-corrected chi connectivity index (χ1v) is 3.99. The van der Waals surface area contributed by atoms with Gasteiger partial charge in [0.05, 0.1) is 6.61 Å². The van der Waals surface area contributed by atoms with Crippen LogP contribution in [0.25, 0.3) is 0 Å². The number of hydrogen-bond acceptors (Lipinski definition) is 4. The van der Waals surface area contributed by atoms with Gasteiger partial charge in [-0.25, -0.2) is 4.79 Å². The minimum absolute atomic E-state index is 0.00380. The molecule has 0 saturated heterocycles. The summed E-state index contributed by atoms with van der Waals surface area (Å²) in [5.41, 5.74) is -0.361. The number of H-pyrrole nitrogens is 1. The van der Waals surface area contributed by atoms with Crippen molar-refractivity contribution in [2.75, 3.05) is 6.61 Å². The topological polar surface area (TPSA) is 82.9 Å². The van der Waals surface area contributed by atoms with E-state index in [1.165, 1.54) is 0 Å². The second kappa shape index (κ2) is 4.23. The molecule has 1 aromatic rings. The highest BCUT2D eigenvalue weighted by atomic mass is 16.5. The highest BCUT2D eigenvalue weighted by molar-refractivity contribution is 5.87. The predicted octanol–water partition coefficient (Wildman–Crippen LogP) is 0.423. The molecule has 1 N–H and O–H groups in total. The lowest BCUT2D eigenvalue weighted by Crippen LogP contribution is -2.12. The van der Waals surface area contributed by atoms with E-state index >= 15 is 0 Å². The first-order valence-electron chi connectivity index (χ1n) is 3.99. The van der Waals surface area contributed by atoms with Gasteiger partial charge in [-0.3, -0.25) is 4.79 Å². The first-order chi connectivity index (χ1) is 6.67. The molecule has 0 spiro atoms. The second-order valence-electron chi connectivity index (χ2n) is 2.48. The molecule has 5 heteroatoms. The minimum Gasteiger partial charge on any atom is -0.461 e. The molecule has 14 heavy (non-hydrogen) atoms. The average molecular weight is 192 g/mol. The van der Waals surface area contributed by atoms with Crippen molar-refractivity contribution < 1.29 is 9.53 Å². The summed E-state index contributed by atoms with van der Waals surface area (Å²) < 4.78 is 4.66. The van der Waals surface area contributed by atoms with Crippen LogP contribution in [0.1, 0.15) is 23.1 Å². The number of carbonyl (C=O) groups excluding carboxylic acids is 1. The molecule has 0 fully saturated rings. The Hall–Kier alpha value is -2.09. The van der Waals surface area contributed by atoms with Gasteiger partial charge in [-0.05, 0) is 6.92 Å². The molecule has 0 radical (unpaired) electrons. The number of nitrogens with one attached hydrogen (secondary N) is 1. The molecule has 0 amide bonds. The second-order valence-corrected chi connectivity index (χ2v) is 2.48. The molecule has 0 aliphatic rings. The fourth-order valence-corrected chi connectivity index (χ4v) is 0.922. The van der Waals surface area contributed by atoms with Crippen molar-refractivity contribution in [3.63, 3.8) is 0 Å². The Morgan fingerprint density at radius 3 is 2.93 bits per heavy atom. The summed E-state index contributed by atoms with van der Waals surface area (Å²) in [6, 6.07) is 3.95. The Balaban J connectivity index is 3.11. The van der Waals surface area contributed by atoms with Gasteiger partial charge < -0.3 is 9.72 Å². The van der Waals surface area contributed by atoms with E-state index in [1.807, 2.05) is 0 Å². The van der Waals surface area contributed by atoms with E-state index in [9.17, 15) is 9.59 Å². The summed E-state index contributed by atoms with van der Waals surface area (Å²) in [4.78, 5) is 24.6. The van der Waals surface area contributed by atoms with Crippen LogP contribution < -0.4 is 5.43 Å². The van der Waals surface area contributed by atoms with Gasteiger partial charge in [0.1, 0.15) is 17.5 Å². The highest BCUT2D eigenvalue weighted by Crippen LogP contribution is 1.96. The molecule has 1 heterocycles. The number of pyridine rings is 1. The van der Waals surface area contributed by atoms with Gasteiger partial charge >= 0.3 is 5.97 Å². The molecular formula is C9H8N2O3. The monoisotopic (exact) mass is 192 g/mol. The molecule has 0 atom stereocenters. The van der Waals surface area contributed by atoms with E-state index < -0.39 is 11.4 Å². The van der Waals surface area contributed by atoms with Crippen molar-refractivity contribution in [2.24, 2.45) is 0 Å². The molecule has 5 nitrogen and oxygen atoms in total. The number of esters is 1. The molecule has 1 aromatic heterocycles. The summed E-state index contributed by atoms with van der Waals surface area (Å²) in [6.07, 6.45) is 0. The van der Waals surface area contributed by atoms with E-state index in [1.54, 1.807) is 13.0 Å². The van der Waals surface area contributed by atoms with Crippen LogP contribution in [0, 0.1) is 11.3 Å². The zero-order valence-corrected chi connectivity index (χ0v) is 7.53. The Labute approximate surface area is 79.9 Å². The van der Waals surface area contributed by atoms with Crippen molar-refractivity contribution >= 4 is 5.97 Å². The zero-order valence-electron chi connectivity index (χ0n) is 7.53. The van der Waals surface area contributed by atoms with E-state index in [4.69, 9.17) is 5.26 Å². The molecular weight excluding hydrogens is 184 g/mol. The molecule has 0 bridgehead atoms. The number of carbonyl (C=O) groups is 1. The molecule has 72 valence electrons. The average Bonchev–Trinajstić information content (AvgIpc) is 2.17. The van der Waals surface area contributed by atoms with Gasteiger partial charge in [0.15, 0.2) is 5.43 Å². The van der Waals surface area contributed by atoms with Crippen LogP contribution >= 0.6 is 0 Å². The van der Waals surface area contributed by atoms with Crippen molar-refractivity contribution in [3.8, 4) is 6.07 Å². The lowest BCUT2D eigenvalue weighted by molar-refractivity contribution is 0.0519. The van der Waals surface area contributed by atoms with Crippen LogP contribution in [0.2, 0.25) is 0 Å². The van der Waals surface area contributed by atoms with Gasteiger partial charge in [0.25, 0.3) is 0 Å². The van der Waals surface area contributed by atoms with Crippen molar-refractivity contribution in [2.45, 2.75) is 6.92 Å². The zero-order chi connectivity index (χ0) is 10.6. The first kappa shape index (κ1) is 9.99. The number of nitrogens with zero attached hydrogens (tertiary/aromatic N) is 1. The van der Waals surface area contributed by atoms with Crippen LogP contribution in [-0.2, 0) is 4.74 Å². The predicted molar refractivity (Wildman–Crippen MR) is 47.7 cm³/mol. The largest absolute Gasteiger partial charge is 0.461 e. The number of aromatic nitrogens is 1. The fraction of sp³-hybridized carbons (Fsp3) is 0.222. The fourth-order valence-electron chi connectivity index (χ4n) is 0.922. The van der Waals surface area contributed by atoms with E-state index in [2.05, 4.69) is 9.72 Å². The van der Waals surface area contributed by atoms with Crippen LogP contribution in [0.4, 0.5) is 0 Å². The smallest absolute Gasteiger partial charge is 0.354 e. The maximum Gasteiger partial charge on any atom is 0.354 e.